The number of ether oxygens (including phenoxy) is 1. The normalized spacial score (nSPS) is 11.8. The molecule has 0 aromatic heterocycles. The van der Waals surface area contributed by atoms with Crippen LogP contribution in [0.4, 0.5) is 4.79 Å². The molecular formula is C25H20ClNO3. The monoisotopic (exact) mass is 417 g/mol. The van der Waals surface area contributed by atoms with Crippen LogP contribution in [0.15, 0.2) is 66.7 Å². The number of amides is 1. The highest BCUT2D eigenvalue weighted by molar-refractivity contribution is 6.31. The van der Waals surface area contributed by atoms with E-state index in [2.05, 4.69) is 41.4 Å². The lowest BCUT2D eigenvalue weighted by Crippen LogP contribution is -2.26. The summed E-state index contributed by atoms with van der Waals surface area (Å²) in [4.78, 5) is 12.1. The number of aliphatic hydroxyl groups excluding tert-OH is 1. The summed E-state index contributed by atoms with van der Waals surface area (Å²) in [5.74, 6) is 5.84. The van der Waals surface area contributed by atoms with Crippen LogP contribution in [0.2, 0.25) is 5.02 Å². The van der Waals surface area contributed by atoms with Crippen LogP contribution < -0.4 is 5.32 Å². The maximum absolute atomic E-state index is 12.1. The van der Waals surface area contributed by atoms with Crippen LogP contribution in [0.25, 0.3) is 11.1 Å². The summed E-state index contributed by atoms with van der Waals surface area (Å²) < 4.78 is 5.48. The highest BCUT2D eigenvalue weighted by atomic mass is 35.5. The smallest absolute Gasteiger partial charge is 0.407 e. The zero-order valence-corrected chi connectivity index (χ0v) is 16.9. The van der Waals surface area contributed by atoms with Crippen molar-refractivity contribution < 1.29 is 14.6 Å². The van der Waals surface area contributed by atoms with E-state index in [4.69, 9.17) is 16.3 Å². The van der Waals surface area contributed by atoms with E-state index in [1.165, 1.54) is 22.3 Å². The first-order valence-corrected chi connectivity index (χ1v) is 10.0. The molecule has 0 unspecified atom stereocenters. The molecule has 5 heteroatoms. The number of carbonyl (C=O) groups is 1. The van der Waals surface area contributed by atoms with Gasteiger partial charge in [0.15, 0.2) is 0 Å². The number of hydrogen-bond acceptors (Lipinski definition) is 3. The Bertz CT molecular complexity index is 1100. The minimum atomic E-state index is -0.502. The molecule has 150 valence electrons. The molecule has 0 spiro atoms. The van der Waals surface area contributed by atoms with E-state index in [1.54, 1.807) is 18.2 Å². The average molecular weight is 418 g/mol. The number of halogens is 1. The number of aliphatic hydroxyl groups is 1. The largest absolute Gasteiger partial charge is 0.449 e. The lowest BCUT2D eigenvalue weighted by Gasteiger charge is -2.14. The molecule has 0 saturated heterocycles. The maximum atomic E-state index is 12.1. The predicted molar refractivity (Wildman–Crippen MR) is 117 cm³/mol. The van der Waals surface area contributed by atoms with Gasteiger partial charge in [-0.05, 0) is 46.0 Å². The number of carbonyl (C=O) groups excluding carboxylic acids is 1. The third-order valence-corrected chi connectivity index (χ3v) is 5.48. The molecule has 4 nitrogen and oxygen atoms in total. The minimum Gasteiger partial charge on any atom is -0.449 e. The van der Waals surface area contributed by atoms with Gasteiger partial charge in [0, 0.05) is 16.5 Å². The second kappa shape index (κ2) is 9.04. The number of nitrogens with one attached hydrogen (secondary N) is 1. The van der Waals surface area contributed by atoms with Gasteiger partial charge in [0.1, 0.15) is 6.61 Å². The topological polar surface area (TPSA) is 58.6 Å². The van der Waals surface area contributed by atoms with Crippen molar-refractivity contribution in [2.75, 3.05) is 13.2 Å². The van der Waals surface area contributed by atoms with Crippen LogP contribution in [0.3, 0.4) is 0 Å². The first kappa shape index (κ1) is 20.0. The first-order chi connectivity index (χ1) is 14.7. The molecule has 0 atom stereocenters. The van der Waals surface area contributed by atoms with Crippen molar-refractivity contribution in [3.8, 4) is 23.0 Å². The van der Waals surface area contributed by atoms with Crippen LogP contribution in [0.5, 0.6) is 0 Å². The van der Waals surface area contributed by atoms with Gasteiger partial charge in [0.25, 0.3) is 0 Å². The van der Waals surface area contributed by atoms with E-state index in [9.17, 15) is 9.90 Å². The first-order valence-electron chi connectivity index (χ1n) is 9.64. The Morgan fingerprint density at radius 3 is 2.37 bits per heavy atom. The van der Waals surface area contributed by atoms with Crippen LogP contribution in [0, 0.1) is 11.8 Å². The van der Waals surface area contributed by atoms with Gasteiger partial charge in [-0.15, -0.1) is 0 Å². The average Bonchev–Trinajstić information content (AvgIpc) is 3.10. The zero-order valence-electron chi connectivity index (χ0n) is 16.2. The molecule has 1 aliphatic rings. The van der Waals surface area contributed by atoms with Crippen molar-refractivity contribution in [2.45, 2.75) is 12.5 Å². The van der Waals surface area contributed by atoms with E-state index >= 15 is 0 Å². The van der Waals surface area contributed by atoms with Gasteiger partial charge >= 0.3 is 6.09 Å². The molecule has 1 aliphatic carbocycles. The van der Waals surface area contributed by atoms with Crippen molar-refractivity contribution in [3.63, 3.8) is 0 Å². The third kappa shape index (κ3) is 4.18. The van der Waals surface area contributed by atoms with Gasteiger partial charge in [0.2, 0.25) is 0 Å². The number of benzene rings is 3. The fourth-order valence-electron chi connectivity index (χ4n) is 3.69. The summed E-state index contributed by atoms with van der Waals surface area (Å²) in [6.07, 6.45) is -0.502. The molecule has 0 aliphatic heterocycles. The molecule has 1 amide bonds. The molecule has 0 fully saturated rings. The zero-order chi connectivity index (χ0) is 20.9. The summed E-state index contributed by atoms with van der Waals surface area (Å²) in [6.45, 7) is 0.282. The van der Waals surface area contributed by atoms with Crippen LogP contribution in [0.1, 0.15) is 28.2 Å². The summed E-state index contributed by atoms with van der Waals surface area (Å²) in [5.41, 5.74) is 6.07. The summed E-state index contributed by atoms with van der Waals surface area (Å²) in [6, 6.07) is 21.6. The molecule has 3 aromatic carbocycles. The van der Waals surface area contributed by atoms with Crippen LogP contribution >= 0.6 is 11.6 Å². The lowest BCUT2D eigenvalue weighted by molar-refractivity contribution is 0.144. The molecule has 0 bridgehead atoms. The van der Waals surface area contributed by atoms with E-state index in [1.807, 2.05) is 24.3 Å². The van der Waals surface area contributed by atoms with Gasteiger partial charge in [-0.1, -0.05) is 72.0 Å². The minimum absolute atomic E-state index is 0.0280. The Kier molecular flexibility index (Phi) is 6.04. The van der Waals surface area contributed by atoms with E-state index < -0.39 is 6.09 Å². The number of rotatable bonds is 4. The molecule has 4 rings (SSSR count). The van der Waals surface area contributed by atoms with Crippen molar-refractivity contribution in [1.82, 2.24) is 5.32 Å². The SMILES string of the molecule is O=C(NCC#Cc1ccc(Cl)c(CO)c1)OCC1c2ccccc2-c2ccccc21. The summed E-state index contributed by atoms with van der Waals surface area (Å²) >= 11 is 5.97. The van der Waals surface area contributed by atoms with Crippen LogP contribution in [-0.4, -0.2) is 24.4 Å². The van der Waals surface area contributed by atoms with Crippen molar-refractivity contribution in [1.29, 1.82) is 0 Å². The maximum Gasteiger partial charge on any atom is 0.407 e. The number of alkyl carbamates (subject to hydrolysis) is 1. The summed E-state index contributed by atoms with van der Waals surface area (Å²) in [7, 11) is 0. The fraction of sp³-hybridized carbons (Fsp3) is 0.160. The molecule has 2 N–H and O–H groups in total. The lowest BCUT2D eigenvalue weighted by atomic mass is 9.98. The van der Waals surface area contributed by atoms with Gasteiger partial charge in [-0.25, -0.2) is 4.79 Å². The van der Waals surface area contributed by atoms with Crippen molar-refractivity contribution >= 4 is 17.7 Å². The van der Waals surface area contributed by atoms with Gasteiger partial charge in [0.05, 0.1) is 13.2 Å². The predicted octanol–water partition coefficient (Wildman–Crippen LogP) is 4.72. The Labute approximate surface area is 180 Å². The van der Waals surface area contributed by atoms with Gasteiger partial charge in [-0.3, -0.25) is 0 Å². The van der Waals surface area contributed by atoms with Gasteiger partial charge in [-0.2, -0.15) is 0 Å². The molecule has 30 heavy (non-hydrogen) atoms. The van der Waals surface area contributed by atoms with Crippen molar-refractivity contribution in [3.05, 3.63) is 94.0 Å². The third-order valence-electron chi connectivity index (χ3n) is 5.11. The van der Waals surface area contributed by atoms with Crippen molar-refractivity contribution in [2.24, 2.45) is 0 Å². The van der Waals surface area contributed by atoms with E-state index in [0.717, 1.165) is 5.56 Å². The highest BCUT2D eigenvalue weighted by Gasteiger charge is 2.28. The summed E-state index contributed by atoms with van der Waals surface area (Å²) in [5, 5.41) is 12.4. The molecular weight excluding hydrogens is 398 g/mol. The highest BCUT2D eigenvalue weighted by Crippen LogP contribution is 2.44. The molecule has 3 aromatic rings. The molecule has 0 saturated carbocycles. The van der Waals surface area contributed by atoms with Crippen LogP contribution in [-0.2, 0) is 11.3 Å². The second-order valence-electron chi connectivity index (χ2n) is 6.95. The number of hydrogen-bond donors (Lipinski definition) is 2. The quantitative estimate of drug-likeness (QED) is 0.604. The Morgan fingerprint density at radius 1 is 1.03 bits per heavy atom. The standard InChI is InChI=1S/C25H20ClNO3/c26-24-12-11-17(14-18(24)15-28)6-5-13-27-25(29)30-16-23-21-9-3-1-7-19(21)20-8-2-4-10-22(20)23/h1-4,7-12,14,23,28H,13,15-16H2,(H,27,29). The fourth-order valence-corrected chi connectivity index (χ4v) is 3.86. The second-order valence-corrected chi connectivity index (χ2v) is 7.35. The molecule has 0 heterocycles. The van der Waals surface area contributed by atoms with Gasteiger partial charge < -0.3 is 15.2 Å². The van der Waals surface area contributed by atoms with E-state index in [-0.39, 0.29) is 25.7 Å². The Balaban J connectivity index is 1.34. The Hall–Kier alpha value is -3.26. The Morgan fingerprint density at radius 2 is 1.70 bits per heavy atom. The van der Waals surface area contributed by atoms with E-state index in [0.29, 0.717) is 10.6 Å². The number of fused-ring (bicyclic) bond motifs is 3. The molecule has 0 radical (unpaired) electrons.